The van der Waals surface area contributed by atoms with Crippen LogP contribution in [0.5, 0.6) is 0 Å². The number of hydrogen-bond donors (Lipinski definition) is 0. The number of benzene rings is 2. The van der Waals surface area contributed by atoms with Crippen molar-refractivity contribution in [1.29, 1.82) is 0 Å². The summed E-state index contributed by atoms with van der Waals surface area (Å²) in [6, 6.07) is 11.8. The summed E-state index contributed by atoms with van der Waals surface area (Å²) in [5.41, 5.74) is 0.477. The summed E-state index contributed by atoms with van der Waals surface area (Å²) in [4.78, 5) is 16.1. The molecule has 0 bridgehead atoms. The molecule has 1 saturated heterocycles. The van der Waals surface area contributed by atoms with Gasteiger partial charge in [-0.2, -0.15) is 0 Å². The van der Waals surface area contributed by atoms with Crippen molar-refractivity contribution in [2.45, 2.75) is 18.4 Å². The Kier molecular flexibility index (Phi) is 5.37. The van der Waals surface area contributed by atoms with Gasteiger partial charge < -0.3 is 18.8 Å². The normalized spacial score (nSPS) is 21.2. The summed E-state index contributed by atoms with van der Waals surface area (Å²) in [7, 11) is 0. The molecule has 0 N–H and O–H groups in total. The van der Waals surface area contributed by atoms with Crippen LogP contribution < -0.4 is 0 Å². The number of esters is 1. The highest BCUT2D eigenvalue weighted by molar-refractivity contribution is 5.89. The van der Waals surface area contributed by atoms with Crippen LogP contribution in [-0.2, 0) is 26.5 Å². The predicted molar refractivity (Wildman–Crippen MR) is 97.8 cm³/mol. The maximum absolute atomic E-state index is 14.5. The van der Waals surface area contributed by atoms with Crippen LogP contribution in [0.25, 0.3) is 0 Å². The van der Waals surface area contributed by atoms with Gasteiger partial charge in [-0.3, -0.25) is 0 Å². The fourth-order valence-electron chi connectivity index (χ4n) is 3.20. The van der Waals surface area contributed by atoms with Gasteiger partial charge in [0.1, 0.15) is 24.3 Å². The lowest BCUT2D eigenvalue weighted by Gasteiger charge is -2.29. The highest BCUT2D eigenvalue weighted by atomic mass is 19.1. The lowest BCUT2D eigenvalue weighted by Crippen LogP contribution is -2.35. The largest absolute Gasteiger partial charge is 0.459 e. The molecule has 0 unspecified atom stereocenters. The van der Waals surface area contributed by atoms with E-state index in [9.17, 15) is 13.6 Å². The number of nitrogens with zero attached hydrogens (tertiary/aromatic N) is 2. The van der Waals surface area contributed by atoms with Crippen LogP contribution in [-0.4, -0.2) is 34.8 Å². The summed E-state index contributed by atoms with van der Waals surface area (Å²) in [6.45, 7) is 0.106. The van der Waals surface area contributed by atoms with Crippen LogP contribution in [0.2, 0.25) is 0 Å². The fourth-order valence-corrected chi connectivity index (χ4v) is 3.20. The smallest absolute Gasteiger partial charge is 0.338 e. The molecular formula is C21H18F2N2O4. The van der Waals surface area contributed by atoms with E-state index in [2.05, 4.69) is 4.98 Å². The van der Waals surface area contributed by atoms with Crippen molar-refractivity contribution < 1.29 is 27.8 Å². The summed E-state index contributed by atoms with van der Waals surface area (Å²) in [6.07, 6.45) is 4.18. The zero-order valence-electron chi connectivity index (χ0n) is 15.3. The molecule has 1 fully saturated rings. The molecule has 150 valence electrons. The van der Waals surface area contributed by atoms with E-state index in [1.165, 1.54) is 6.07 Å². The number of ether oxygens (including phenoxy) is 3. The number of imidazole rings is 1. The molecule has 3 aromatic rings. The molecule has 0 radical (unpaired) electrons. The number of rotatable bonds is 6. The topological polar surface area (TPSA) is 62.6 Å². The van der Waals surface area contributed by atoms with E-state index in [0.29, 0.717) is 5.56 Å². The van der Waals surface area contributed by atoms with E-state index in [-0.39, 0.29) is 25.3 Å². The quantitative estimate of drug-likeness (QED) is 0.595. The van der Waals surface area contributed by atoms with Gasteiger partial charge in [-0.25, -0.2) is 18.6 Å². The van der Waals surface area contributed by atoms with Crippen LogP contribution in [0.1, 0.15) is 15.9 Å². The minimum absolute atomic E-state index is 0.0597. The summed E-state index contributed by atoms with van der Waals surface area (Å²) in [5.74, 6) is -3.47. The molecule has 6 nitrogen and oxygen atoms in total. The molecule has 0 amide bonds. The zero-order chi connectivity index (χ0) is 20.3. The van der Waals surface area contributed by atoms with Crippen LogP contribution in [0, 0.1) is 11.6 Å². The molecule has 0 saturated carbocycles. The third-order valence-corrected chi connectivity index (χ3v) is 4.56. The second-order valence-electron chi connectivity index (χ2n) is 6.63. The first-order chi connectivity index (χ1) is 14.1. The Bertz CT molecular complexity index is 982. The minimum Gasteiger partial charge on any atom is -0.459 e. The fraction of sp³-hybridized carbons (Fsp3) is 0.238. The monoisotopic (exact) mass is 400 g/mol. The molecule has 1 aromatic heterocycles. The van der Waals surface area contributed by atoms with Crippen molar-refractivity contribution >= 4 is 5.97 Å². The maximum Gasteiger partial charge on any atom is 0.338 e. The van der Waals surface area contributed by atoms with Gasteiger partial charge in [0, 0.05) is 24.0 Å². The molecule has 1 aliphatic rings. The van der Waals surface area contributed by atoms with Crippen LogP contribution in [0.4, 0.5) is 8.78 Å². The van der Waals surface area contributed by atoms with Crippen molar-refractivity contribution in [2.75, 3.05) is 13.2 Å². The third-order valence-electron chi connectivity index (χ3n) is 4.56. The van der Waals surface area contributed by atoms with Gasteiger partial charge in [-0.15, -0.1) is 0 Å². The molecule has 1 aliphatic heterocycles. The van der Waals surface area contributed by atoms with Gasteiger partial charge in [-0.1, -0.05) is 18.2 Å². The molecule has 2 heterocycles. The average Bonchev–Trinajstić information content (AvgIpc) is 3.37. The van der Waals surface area contributed by atoms with Crippen molar-refractivity contribution in [1.82, 2.24) is 9.55 Å². The summed E-state index contributed by atoms with van der Waals surface area (Å²) >= 11 is 0. The van der Waals surface area contributed by atoms with Gasteiger partial charge in [0.2, 0.25) is 5.79 Å². The Hall–Kier alpha value is -3.10. The van der Waals surface area contributed by atoms with Crippen LogP contribution >= 0.6 is 0 Å². The van der Waals surface area contributed by atoms with E-state index in [4.69, 9.17) is 14.2 Å². The maximum atomic E-state index is 14.5. The Morgan fingerprint density at radius 2 is 2.07 bits per heavy atom. The van der Waals surface area contributed by atoms with Crippen molar-refractivity contribution in [3.05, 3.63) is 90.0 Å². The zero-order valence-corrected chi connectivity index (χ0v) is 15.3. The summed E-state index contributed by atoms with van der Waals surface area (Å²) in [5, 5.41) is 0. The van der Waals surface area contributed by atoms with E-state index < -0.39 is 29.5 Å². The first kappa shape index (κ1) is 19.2. The highest BCUT2D eigenvalue weighted by Gasteiger charge is 2.46. The van der Waals surface area contributed by atoms with Crippen molar-refractivity contribution in [3.8, 4) is 0 Å². The number of carbonyl (C=O) groups excluding carboxylic acids is 1. The highest BCUT2D eigenvalue weighted by Crippen LogP contribution is 2.37. The molecule has 29 heavy (non-hydrogen) atoms. The first-order valence-electron chi connectivity index (χ1n) is 9.01. The Morgan fingerprint density at radius 1 is 1.24 bits per heavy atom. The van der Waals surface area contributed by atoms with Crippen molar-refractivity contribution in [2.24, 2.45) is 0 Å². The second kappa shape index (κ2) is 8.10. The predicted octanol–water partition coefficient (Wildman–Crippen LogP) is 3.29. The van der Waals surface area contributed by atoms with Crippen molar-refractivity contribution in [3.63, 3.8) is 0 Å². The number of hydrogen-bond acceptors (Lipinski definition) is 5. The van der Waals surface area contributed by atoms with E-state index in [1.807, 2.05) is 0 Å². The third kappa shape index (κ3) is 4.18. The van der Waals surface area contributed by atoms with Gasteiger partial charge >= 0.3 is 5.97 Å². The number of halogens is 2. The Labute approximate surface area is 165 Å². The molecule has 0 aliphatic carbocycles. The number of aromatic nitrogens is 2. The molecule has 4 rings (SSSR count). The van der Waals surface area contributed by atoms with Gasteiger partial charge in [-0.05, 0) is 24.3 Å². The minimum atomic E-state index is -1.50. The number of carbonyl (C=O) groups is 1. The van der Waals surface area contributed by atoms with E-state index >= 15 is 0 Å². The van der Waals surface area contributed by atoms with Gasteiger partial charge in [0.15, 0.2) is 0 Å². The molecule has 2 atom stereocenters. The van der Waals surface area contributed by atoms with Gasteiger partial charge in [0.05, 0.1) is 25.0 Å². The lowest BCUT2D eigenvalue weighted by atomic mass is 10.0. The Balaban J connectivity index is 1.51. The lowest BCUT2D eigenvalue weighted by molar-refractivity contribution is -0.191. The molecule has 2 aromatic carbocycles. The molecular weight excluding hydrogens is 382 g/mol. The SMILES string of the molecule is O=C(OC[C@H]1CO[C@](Cn2ccnc2)(c2ccc(F)cc2F)O1)c1ccccc1. The van der Waals surface area contributed by atoms with E-state index in [1.54, 1.807) is 53.6 Å². The molecule has 0 spiro atoms. The van der Waals surface area contributed by atoms with Crippen LogP contribution in [0.3, 0.4) is 0 Å². The van der Waals surface area contributed by atoms with E-state index in [0.717, 1.165) is 12.1 Å². The van der Waals surface area contributed by atoms with Gasteiger partial charge in [0.25, 0.3) is 0 Å². The Morgan fingerprint density at radius 3 is 2.79 bits per heavy atom. The second-order valence-corrected chi connectivity index (χ2v) is 6.63. The molecule has 8 heteroatoms. The average molecular weight is 400 g/mol. The van der Waals surface area contributed by atoms with Crippen LogP contribution in [0.15, 0.2) is 67.3 Å². The standard InChI is InChI=1S/C21H18F2N2O4/c22-16-6-7-18(19(23)10-16)21(13-25-9-8-24-14-25)28-12-17(29-21)11-27-20(26)15-4-2-1-3-5-15/h1-10,14,17H,11-13H2/t17-,21-/m0/s1. The first-order valence-corrected chi connectivity index (χ1v) is 9.01. The summed E-state index contributed by atoms with van der Waals surface area (Å²) < 4.78 is 46.7.